The summed E-state index contributed by atoms with van der Waals surface area (Å²) in [4.78, 5) is 0. The van der Waals surface area contributed by atoms with Gasteiger partial charge in [-0.3, -0.25) is 0 Å². The number of halogens is 1. The van der Waals surface area contributed by atoms with Crippen molar-refractivity contribution in [1.29, 1.82) is 0 Å². The van der Waals surface area contributed by atoms with Gasteiger partial charge in [0.05, 0.1) is 0 Å². The molecule has 1 rings (SSSR count). The fraction of sp³-hybridized carbons (Fsp3) is 0.300. The lowest BCUT2D eigenvalue weighted by Crippen LogP contribution is -1.90. The maximum atomic E-state index is 5.82. The third-order valence-corrected chi connectivity index (χ3v) is 1.68. The van der Waals surface area contributed by atoms with Gasteiger partial charge in [0.25, 0.3) is 0 Å². The van der Waals surface area contributed by atoms with Gasteiger partial charge in [0.15, 0.2) is 0 Å². The predicted octanol–water partition coefficient (Wildman–Crippen LogP) is 3.50. The minimum absolute atomic E-state index is 0.823. The van der Waals surface area contributed by atoms with Crippen molar-refractivity contribution in [3.05, 3.63) is 40.8 Å². The molecule has 1 aromatic carbocycles. The molecule has 0 aliphatic rings. The van der Waals surface area contributed by atoms with Gasteiger partial charge in [0, 0.05) is 5.02 Å². The Bertz CT molecular complexity index is 228. The van der Waals surface area contributed by atoms with E-state index in [2.05, 4.69) is 19.9 Å². The summed E-state index contributed by atoms with van der Waals surface area (Å²) in [6, 6.07) is 7.99. The van der Waals surface area contributed by atoms with E-state index in [1.165, 1.54) is 11.5 Å². The van der Waals surface area contributed by atoms with E-state index in [9.17, 15) is 0 Å². The minimum atomic E-state index is 0.823. The Morgan fingerprint density at radius 1 is 1.36 bits per heavy atom. The molecule has 0 aliphatic carbocycles. The van der Waals surface area contributed by atoms with E-state index in [4.69, 9.17) is 11.6 Å². The van der Waals surface area contributed by atoms with Crippen molar-refractivity contribution in [2.75, 3.05) is 0 Å². The highest BCUT2D eigenvalue weighted by atomic mass is 35.5. The summed E-state index contributed by atoms with van der Waals surface area (Å²) in [5, 5.41) is 0.823. The molecule has 1 heteroatoms. The van der Waals surface area contributed by atoms with Crippen molar-refractivity contribution in [3.8, 4) is 0 Å². The zero-order valence-corrected chi connectivity index (χ0v) is 7.65. The molecule has 0 heterocycles. The van der Waals surface area contributed by atoms with E-state index < -0.39 is 0 Å². The van der Waals surface area contributed by atoms with Crippen LogP contribution in [0.15, 0.2) is 24.3 Å². The second kappa shape index (κ2) is 3.77. The smallest absolute Gasteiger partial charge is 0.0408 e. The molecule has 0 atom stereocenters. The van der Waals surface area contributed by atoms with Crippen molar-refractivity contribution in [1.82, 2.24) is 0 Å². The molecular formula is C10H12Cl. The Morgan fingerprint density at radius 3 is 2.64 bits per heavy atom. The maximum absolute atomic E-state index is 5.82. The number of rotatable bonds is 2. The summed E-state index contributed by atoms with van der Waals surface area (Å²) in [6.07, 6.45) is 1.03. The second-order valence-corrected chi connectivity index (χ2v) is 3.45. The van der Waals surface area contributed by atoms with Crippen molar-refractivity contribution >= 4 is 11.6 Å². The van der Waals surface area contributed by atoms with Crippen LogP contribution in [-0.2, 0) is 6.42 Å². The second-order valence-electron chi connectivity index (χ2n) is 3.01. The Morgan fingerprint density at radius 2 is 2.09 bits per heavy atom. The third-order valence-electron chi connectivity index (χ3n) is 1.45. The van der Waals surface area contributed by atoms with Crippen molar-refractivity contribution < 1.29 is 0 Å². The molecule has 0 N–H and O–H groups in total. The Labute approximate surface area is 73.2 Å². The van der Waals surface area contributed by atoms with E-state index in [0.717, 1.165) is 11.4 Å². The largest absolute Gasteiger partial charge is 0.0843 e. The highest BCUT2D eigenvalue weighted by Gasteiger charge is 1.97. The van der Waals surface area contributed by atoms with Crippen LogP contribution in [0.5, 0.6) is 0 Å². The van der Waals surface area contributed by atoms with Gasteiger partial charge >= 0.3 is 0 Å². The van der Waals surface area contributed by atoms with Gasteiger partial charge in [-0.2, -0.15) is 0 Å². The van der Waals surface area contributed by atoms with Gasteiger partial charge in [0.2, 0.25) is 0 Å². The van der Waals surface area contributed by atoms with Gasteiger partial charge in [0.1, 0.15) is 0 Å². The zero-order chi connectivity index (χ0) is 8.27. The monoisotopic (exact) mass is 167 g/mol. The first-order valence-corrected chi connectivity index (χ1v) is 4.10. The molecule has 0 nitrogen and oxygen atoms in total. The normalized spacial score (nSPS) is 10.5. The first kappa shape index (κ1) is 8.61. The highest BCUT2D eigenvalue weighted by Crippen LogP contribution is 2.14. The van der Waals surface area contributed by atoms with Gasteiger partial charge in [-0.05, 0) is 30.0 Å². The molecule has 0 amide bonds. The summed E-state index contributed by atoms with van der Waals surface area (Å²) < 4.78 is 0. The average Bonchev–Trinajstić information content (AvgIpc) is 1.85. The van der Waals surface area contributed by atoms with E-state index in [1.54, 1.807) is 0 Å². The van der Waals surface area contributed by atoms with E-state index >= 15 is 0 Å². The molecule has 11 heavy (non-hydrogen) atoms. The molecule has 0 unspecified atom stereocenters. The molecule has 0 bridgehead atoms. The molecule has 0 aliphatic heterocycles. The maximum Gasteiger partial charge on any atom is 0.0408 e. The Kier molecular flexibility index (Phi) is 2.95. The van der Waals surface area contributed by atoms with Crippen molar-refractivity contribution in [2.24, 2.45) is 0 Å². The van der Waals surface area contributed by atoms with Crippen LogP contribution in [0, 0.1) is 5.92 Å². The van der Waals surface area contributed by atoms with Crippen LogP contribution in [0.25, 0.3) is 0 Å². The van der Waals surface area contributed by atoms with Crippen LogP contribution in [0.4, 0.5) is 0 Å². The quantitative estimate of drug-likeness (QED) is 0.633. The summed E-state index contributed by atoms with van der Waals surface area (Å²) in [5.41, 5.74) is 1.29. The summed E-state index contributed by atoms with van der Waals surface area (Å²) in [7, 11) is 0. The Balaban J connectivity index is 2.71. The lowest BCUT2D eigenvalue weighted by atomic mass is 10.0. The summed E-state index contributed by atoms with van der Waals surface area (Å²) in [5.74, 6) is 1.41. The fourth-order valence-corrected chi connectivity index (χ4v) is 1.27. The molecule has 0 spiro atoms. The summed E-state index contributed by atoms with van der Waals surface area (Å²) >= 11 is 5.82. The molecule has 0 fully saturated rings. The lowest BCUT2D eigenvalue weighted by Gasteiger charge is -2.03. The van der Waals surface area contributed by atoms with Crippen LogP contribution >= 0.6 is 11.6 Å². The Hall–Kier alpha value is -0.490. The number of hydrogen-bond donors (Lipinski definition) is 0. The van der Waals surface area contributed by atoms with Crippen LogP contribution in [0.2, 0.25) is 5.02 Å². The minimum Gasteiger partial charge on any atom is -0.0843 e. The van der Waals surface area contributed by atoms with Crippen molar-refractivity contribution in [2.45, 2.75) is 20.3 Å². The van der Waals surface area contributed by atoms with Gasteiger partial charge < -0.3 is 0 Å². The molecule has 0 saturated carbocycles. The lowest BCUT2D eigenvalue weighted by molar-refractivity contribution is 0.957. The average molecular weight is 168 g/mol. The van der Waals surface area contributed by atoms with E-state index in [0.29, 0.717) is 0 Å². The standard InChI is InChI=1S/C10H12Cl/c1-8(2)6-9-4-3-5-10(11)7-9/h3-5,7H,6H2,1-2H3. The van der Waals surface area contributed by atoms with E-state index in [1.807, 2.05) is 18.2 Å². The molecule has 1 radical (unpaired) electrons. The molecule has 59 valence electrons. The first-order chi connectivity index (χ1) is 5.18. The van der Waals surface area contributed by atoms with Crippen LogP contribution < -0.4 is 0 Å². The first-order valence-electron chi connectivity index (χ1n) is 3.72. The zero-order valence-electron chi connectivity index (χ0n) is 6.89. The van der Waals surface area contributed by atoms with Gasteiger partial charge in [-0.15, -0.1) is 0 Å². The SMILES string of the molecule is C[C](C)Cc1cccc(Cl)c1. The van der Waals surface area contributed by atoms with Gasteiger partial charge in [-0.25, -0.2) is 0 Å². The van der Waals surface area contributed by atoms with Crippen LogP contribution in [-0.4, -0.2) is 0 Å². The van der Waals surface area contributed by atoms with E-state index in [-0.39, 0.29) is 0 Å². The molecule has 0 aromatic heterocycles. The molecular weight excluding hydrogens is 156 g/mol. The topological polar surface area (TPSA) is 0 Å². The number of hydrogen-bond acceptors (Lipinski definition) is 0. The van der Waals surface area contributed by atoms with Gasteiger partial charge in [-0.1, -0.05) is 37.6 Å². The molecule has 1 aromatic rings. The molecule has 0 saturated heterocycles. The van der Waals surface area contributed by atoms with Crippen molar-refractivity contribution in [3.63, 3.8) is 0 Å². The number of benzene rings is 1. The third kappa shape index (κ3) is 2.94. The highest BCUT2D eigenvalue weighted by molar-refractivity contribution is 6.30. The van der Waals surface area contributed by atoms with Crippen LogP contribution in [0.1, 0.15) is 19.4 Å². The summed E-state index contributed by atoms with van der Waals surface area (Å²) in [6.45, 7) is 4.25. The van der Waals surface area contributed by atoms with Crippen LogP contribution in [0.3, 0.4) is 0 Å². The fourth-order valence-electron chi connectivity index (χ4n) is 1.06. The predicted molar refractivity (Wildman–Crippen MR) is 49.7 cm³/mol.